The van der Waals surface area contributed by atoms with E-state index < -0.39 is 0 Å². The Balaban J connectivity index is 0.00000113. The Morgan fingerprint density at radius 2 is 1.84 bits per heavy atom. The van der Waals surface area contributed by atoms with E-state index in [4.69, 9.17) is 4.98 Å². The van der Waals surface area contributed by atoms with Gasteiger partial charge in [-0.2, -0.15) is 0 Å². The van der Waals surface area contributed by atoms with Crippen molar-refractivity contribution in [3.63, 3.8) is 0 Å². The van der Waals surface area contributed by atoms with E-state index in [2.05, 4.69) is 66.3 Å². The Morgan fingerprint density at radius 3 is 2.60 bits per heavy atom. The van der Waals surface area contributed by atoms with Crippen LogP contribution in [0.15, 0.2) is 53.8 Å². The van der Waals surface area contributed by atoms with Crippen LogP contribution in [0.2, 0.25) is 0 Å². The molecule has 0 aliphatic rings. The van der Waals surface area contributed by atoms with Gasteiger partial charge in [0, 0.05) is 11.9 Å². The Labute approximate surface area is 163 Å². The third-order valence-corrected chi connectivity index (χ3v) is 4.97. The van der Waals surface area contributed by atoms with Gasteiger partial charge in [-0.1, -0.05) is 42.1 Å². The molecule has 4 rings (SSSR count). The zero-order valence-corrected chi connectivity index (χ0v) is 16.4. The number of nitrogens with one attached hydrogen (secondary N) is 1. The molecule has 0 saturated carbocycles. The van der Waals surface area contributed by atoms with Crippen LogP contribution in [-0.2, 0) is 5.75 Å². The second-order valence-corrected chi connectivity index (χ2v) is 6.74. The third-order valence-electron chi connectivity index (χ3n) is 4.06. The normalized spacial score (nSPS) is 10.5. The molecule has 6 heteroatoms. The van der Waals surface area contributed by atoms with Crippen LogP contribution in [0.1, 0.15) is 16.8 Å². The molecule has 0 bridgehead atoms. The Hall–Kier alpha value is -1.75. The van der Waals surface area contributed by atoms with Gasteiger partial charge in [0.1, 0.15) is 0 Å². The van der Waals surface area contributed by atoms with Crippen LogP contribution in [0.25, 0.3) is 21.8 Å². The van der Waals surface area contributed by atoms with Gasteiger partial charge in [0.05, 0.1) is 16.7 Å². The van der Waals surface area contributed by atoms with Gasteiger partial charge in [-0.05, 0) is 47.9 Å². The maximum absolute atomic E-state index is 4.77. The number of thioether (sulfide) groups is 1. The fraction of sp³-hybridized carbons (Fsp3) is 0.158. The van der Waals surface area contributed by atoms with E-state index in [0.29, 0.717) is 0 Å². The van der Waals surface area contributed by atoms with Gasteiger partial charge in [0.25, 0.3) is 0 Å². The van der Waals surface area contributed by atoms with Gasteiger partial charge in [0.15, 0.2) is 5.16 Å². The summed E-state index contributed by atoms with van der Waals surface area (Å²) in [6.45, 7) is 4.19. The number of benzene rings is 2. The van der Waals surface area contributed by atoms with Crippen LogP contribution in [0, 0.1) is 13.8 Å². The second kappa shape index (κ2) is 8.09. The first kappa shape index (κ1) is 19.6. The number of pyridine rings is 1. The fourth-order valence-electron chi connectivity index (χ4n) is 2.80. The van der Waals surface area contributed by atoms with Crippen molar-refractivity contribution in [2.75, 3.05) is 0 Å². The molecule has 0 radical (unpaired) electrons. The van der Waals surface area contributed by atoms with Crippen molar-refractivity contribution in [1.82, 2.24) is 15.0 Å². The Kier molecular flexibility index (Phi) is 6.33. The molecular formula is C19H19Cl2N3S. The maximum Gasteiger partial charge on any atom is 0.166 e. The van der Waals surface area contributed by atoms with Crippen molar-refractivity contribution in [3.05, 3.63) is 65.5 Å². The number of hydrogen-bond acceptors (Lipinski definition) is 3. The van der Waals surface area contributed by atoms with Crippen molar-refractivity contribution < 1.29 is 0 Å². The summed E-state index contributed by atoms with van der Waals surface area (Å²) in [5.74, 6) is 0.818. The summed E-state index contributed by atoms with van der Waals surface area (Å²) in [5.41, 5.74) is 5.64. The number of aromatic amines is 1. The lowest BCUT2D eigenvalue weighted by Crippen LogP contribution is -1.87. The number of imidazole rings is 1. The largest absolute Gasteiger partial charge is 0.333 e. The smallest absolute Gasteiger partial charge is 0.166 e. The highest BCUT2D eigenvalue weighted by atomic mass is 35.5. The number of nitrogens with zero attached hydrogens (tertiary/aromatic N) is 2. The molecule has 0 aliphatic carbocycles. The Morgan fingerprint density at radius 1 is 1.04 bits per heavy atom. The molecule has 3 nitrogen and oxygen atoms in total. The van der Waals surface area contributed by atoms with E-state index in [-0.39, 0.29) is 24.8 Å². The fourth-order valence-corrected chi connectivity index (χ4v) is 3.59. The summed E-state index contributed by atoms with van der Waals surface area (Å²) in [7, 11) is 0. The predicted octanol–water partition coefficient (Wildman–Crippen LogP) is 5.86. The standard InChI is InChI=1S/C19H17N3S.2ClH/c1-12-7-8-15(20-10-12)11-23-19-21-17-9-14-5-3-4-6-16(14)13(2)18(17)22-19;;/h3-10H,11H2,1-2H3,(H,21,22);2*1H. The van der Waals surface area contributed by atoms with E-state index in [1.54, 1.807) is 11.8 Å². The molecule has 4 aromatic rings. The molecule has 130 valence electrons. The zero-order valence-electron chi connectivity index (χ0n) is 13.9. The number of aryl methyl sites for hydroxylation is 2. The van der Waals surface area contributed by atoms with Crippen LogP contribution in [0.5, 0.6) is 0 Å². The number of fused-ring (bicyclic) bond motifs is 2. The second-order valence-electron chi connectivity index (χ2n) is 5.78. The number of rotatable bonds is 3. The number of aromatic nitrogens is 3. The minimum absolute atomic E-state index is 0. The zero-order chi connectivity index (χ0) is 15.8. The highest BCUT2D eigenvalue weighted by Crippen LogP contribution is 2.29. The lowest BCUT2D eigenvalue weighted by Gasteiger charge is -2.02. The average molecular weight is 392 g/mol. The molecule has 2 aromatic heterocycles. The lowest BCUT2D eigenvalue weighted by atomic mass is 10.0. The number of halogens is 2. The van der Waals surface area contributed by atoms with Gasteiger partial charge in [-0.3, -0.25) is 4.98 Å². The first-order valence-electron chi connectivity index (χ1n) is 7.63. The Bertz CT molecular complexity index is 997. The first-order chi connectivity index (χ1) is 11.2. The van der Waals surface area contributed by atoms with Crippen molar-refractivity contribution in [2.24, 2.45) is 0 Å². The van der Waals surface area contributed by atoms with E-state index in [9.17, 15) is 0 Å². The minimum atomic E-state index is 0. The maximum atomic E-state index is 4.77. The molecule has 0 amide bonds. The summed E-state index contributed by atoms with van der Waals surface area (Å²) in [6, 6.07) is 14.8. The van der Waals surface area contributed by atoms with Crippen LogP contribution >= 0.6 is 36.6 Å². The highest BCUT2D eigenvalue weighted by Gasteiger charge is 2.09. The summed E-state index contributed by atoms with van der Waals surface area (Å²) >= 11 is 1.69. The molecule has 0 aliphatic heterocycles. The van der Waals surface area contributed by atoms with Gasteiger partial charge in [-0.25, -0.2) is 4.98 Å². The van der Waals surface area contributed by atoms with Crippen molar-refractivity contribution >= 4 is 58.4 Å². The molecule has 0 fully saturated rings. The van der Waals surface area contributed by atoms with Crippen LogP contribution in [0.4, 0.5) is 0 Å². The van der Waals surface area contributed by atoms with Crippen LogP contribution in [-0.4, -0.2) is 15.0 Å². The highest BCUT2D eigenvalue weighted by molar-refractivity contribution is 7.98. The minimum Gasteiger partial charge on any atom is -0.333 e. The van der Waals surface area contributed by atoms with E-state index in [1.165, 1.54) is 21.9 Å². The number of H-pyrrole nitrogens is 1. The molecule has 2 aromatic carbocycles. The first-order valence-corrected chi connectivity index (χ1v) is 8.62. The average Bonchev–Trinajstić information content (AvgIpc) is 2.98. The lowest BCUT2D eigenvalue weighted by molar-refractivity contribution is 1.07. The molecule has 2 heterocycles. The van der Waals surface area contributed by atoms with Gasteiger partial charge in [0.2, 0.25) is 0 Å². The molecule has 0 atom stereocenters. The van der Waals surface area contributed by atoms with Crippen molar-refractivity contribution in [1.29, 1.82) is 0 Å². The topological polar surface area (TPSA) is 41.6 Å². The molecular weight excluding hydrogens is 373 g/mol. The SMILES string of the molecule is Cc1ccc(CSc2nc3c(C)c4ccccc4cc3[nH]2)nc1.Cl.Cl. The monoisotopic (exact) mass is 391 g/mol. The van der Waals surface area contributed by atoms with Crippen LogP contribution in [0.3, 0.4) is 0 Å². The summed E-state index contributed by atoms with van der Waals surface area (Å²) in [4.78, 5) is 12.7. The van der Waals surface area contributed by atoms with Crippen LogP contribution < -0.4 is 0 Å². The third kappa shape index (κ3) is 3.92. The van der Waals surface area contributed by atoms with Crippen molar-refractivity contribution in [2.45, 2.75) is 24.8 Å². The van der Waals surface area contributed by atoms with E-state index in [1.807, 2.05) is 6.20 Å². The van der Waals surface area contributed by atoms with E-state index in [0.717, 1.165) is 27.6 Å². The molecule has 25 heavy (non-hydrogen) atoms. The number of hydrogen-bond donors (Lipinski definition) is 1. The molecule has 0 unspecified atom stereocenters. The molecule has 0 spiro atoms. The van der Waals surface area contributed by atoms with Crippen molar-refractivity contribution in [3.8, 4) is 0 Å². The quantitative estimate of drug-likeness (QED) is 0.444. The molecule has 0 saturated heterocycles. The van der Waals surface area contributed by atoms with E-state index >= 15 is 0 Å². The predicted molar refractivity (Wildman–Crippen MR) is 111 cm³/mol. The van der Waals surface area contributed by atoms with Gasteiger partial charge in [-0.15, -0.1) is 24.8 Å². The summed E-state index contributed by atoms with van der Waals surface area (Å²) in [6.07, 6.45) is 1.91. The van der Waals surface area contributed by atoms with Gasteiger partial charge >= 0.3 is 0 Å². The summed E-state index contributed by atoms with van der Waals surface area (Å²) in [5, 5.41) is 3.46. The molecule has 1 N–H and O–H groups in total. The summed E-state index contributed by atoms with van der Waals surface area (Å²) < 4.78 is 0. The van der Waals surface area contributed by atoms with Gasteiger partial charge < -0.3 is 4.98 Å².